The van der Waals surface area contributed by atoms with Crippen LogP contribution in [0.5, 0.6) is 0 Å². The lowest BCUT2D eigenvalue weighted by atomic mass is 10.2. The minimum absolute atomic E-state index is 0.184. The molecule has 1 aliphatic heterocycles. The average Bonchev–Trinajstić information content (AvgIpc) is 2.55. The quantitative estimate of drug-likeness (QED) is 0.761. The first-order valence-electron chi connectivity index (χ1n) is 4.94. The Balaban J connectivity index is 2.11. The van der Waals surface area contributed by atoms with E-state index in [1.165, 1.54) is 11.0 Å². The summed E-state index contributed by atoms with van der Waals surface area (Å²) in [5.41, 5.74) is 5.36. The van der Waals surface area contributed by atoms with E-state index in [1.54, 1.807) is 0 Å². The molecule has 1 aromatic rings. The van der Waals surface area contributed by atoms with E-state index in [-0.39, 0.29) is 11.2 Å². The molecule has 0 spiro atoms. The molecule has 1 atom stereocenters. The van der Waals surface area contributed by atoms with Gasteiger partial charge in [-0.3, -0.25) is 0 Å². The highest BCUT2D eigenvalue weighted by molar-refractivity contribution is 7.92. The van der Waals surface area contributed by atoms with Crippen molar-refractivity contribution in [1.82, 2.24) is 14.8 Å². The van der Waals surface area contributed by atoms with Crippen LogP contribution >= 0.6 is 0 Å². The predicted molar refractivity (Wildman–Crippen MR) is 55.9 cm³/mol. The molecule has 6 nitrogen and oxygen atoms in total. The first kappa shape index (κ1) is 10.4. The third kappa shape index (κ3) is 2.28. The maximum Gasteiger partial charge on any atom is 0.239 e. The standard InChI is InChI=1S/C8H14N4O2S/c9-8-10-6-12(11-8)5-7-3-1-2-4-15(7,13)14/h6-7H,1-5H2,(H2,9,11). The van der Waals surface area contributed by atoms with Gasteiger partial charge in [-0.1, -0.05) is 6.42 Å². The van der Waals surface area contributed by atoms with Gasteiger partial charge in [-0.25, -0.2) is 18.1 Å². The molecule has 7 heteroatoms. The Labute approximate surface area is 88.4 Å². The van der Waals surface area contributed by atoms with Gasteiger partial charge in [-0.15, -0.1) is 5.10 Å². The Morgan fingerprint density at radius 2 is 2.33 bits per heavy atom. The number of sulfone groups is 1. The first-order valence-corrected chi connectivity index (χ1v) is 6.66. The fourth-order valence-corrected chi connectivity index (χ4v) is 3.68. The summed E-state index contributed by atoms with van der Waals surface area (Å²) in [6.07, 6.45) is 3.92. The zero-order chi connectivity index (χ0) is 10.9. The zero-order valence-corrected chi connectivity index (χ0v) is 9.15. The third-order valence-corrected chi connectivity index (χ3v) is 4.92. The molecule has 1 aromatic heterocycles. The van der Waals surface area contributed by atoms with Crippen LogP contribution in [0.2, 0.25) is 0 Å². The van der Waals surface area contributed by atoms with E-state index in [0.29, 0.717) is 18.7 Å². The van der Waals surface area contributed by atoms with E-state index in [4.69, 9.17) is 5.73 Å². The van der Waals surface area contributed by atoms with E-state index < -0.39 is 9.84 Å². The maximum absolute atomic E-state index is 11.7. The number of nitrogen functional groups attached to an aromatic ring is 1. The molecule has 0 aliphatic carbocycles. The monoisotopic (exact) mass is 230 g/mol. The molecule has 1 aliphatic rings. The number of nitrogens with zero attached hydrogens (tertiary/aromatic N) is 3. The lowest BCUT2D eigenvalue weighted by Gasteiger charge is -2.21. The van der Waals surface area contributed by atoms with Crippen LogP contribution in [0.4, 0.5) is 5.95 Å². The zero-order valence-electron chi connectivity index (χ0n) is 8.33. The number of anilines is 1. The molecule has 15 heavy (non-hydrogen) atoms. The molecular formula is C8H14N4O2S. The Morgan fingerprint density at radius 3 is 2.93 bits per heavy atom. The van der Waals surface area contributed by atoms with Crippen LogP contribution in [0.15, 0.2) is 6.33 Å². The van der Waals surface area contributed by atoms with Crippen LogP contribution in [0.3, 0.4) is 0 Å². The SMILES string of the molecule is Nc1ncn(CC2CCCCS2(=O)=O)n1. The molecule has 2 N–H and O–H groups in total. The second-order valence-corrected chi connectivity index (χ2v) is 6.21. The first-order chi connectivity index (χ1) is 7.08. The number of hydrogen-bond donors (Lipinski definition) is 1. The second-order valence-electron chi connectivity index (χ2n) is 3.81. The largest absolute Gasteiger partial charge is 0.367 e. The van der Waals surface area contributed by atoms with Gasteiger partial charge in [0, 0.05) is 0 Å². The summed E-state index contributed by atoms with van der Waals surface area (Å²) < 4.78 is 24.9. The van der Waals surface area contributed by atoms with Crippen molar-refractivity contribution in [3.05, 3.63) is 6.33 Å². The van der Waals surface area contributed by atoms with Gasteiger partial charge < -0.3 is 5.73 Å². The number of rotatable bonds is 2. The van der Waals surface area contributed by atoms with E-state index in [2.05, 4.69) is 10.1 Å². The molecule has 1 unspecified atom stereocenters. The van der Waals surface area contributed by atoms with Gasteiger partial charge in [0.2, 0.25) is 5.95 Å². The van der Waals surface area contributed by atoms with E-state index in [9.17, 15) is 8.42 Å². The van der Waals surface area contributed by atoms with Crippen LogP contribution in [-0.4, -0.2) is 34.2 Å². The van der Waals surface area contributed by atoms with Gasteiger partial charge in [-0.05, 0) is 12.8 Å². The van der Waals surface area contributed by atoms with Crippen molar-refractivity contribution in [3.63, 3.8) is 0 Å². The maximum atomic E-state index is 11.7. The molecular weight excluding hydrogens is 216 g/mol. The van der Waals surface area contributed by atoms with Crippen molar-refractivity contribution in [1.29, 1.82) is 0 Å². The minimum atomic E-state index is -2.94. The summed E-state index contributed by atoms with van der Waals surface area (Å²) in [4.78, 5) is 3.76. The highest BCUT2D eigenvalue weighted by Crippen LogP contribution is 2.20. The van der Waals surface area contributed by atoms with Crippen LogP contribution < -0.4 is 5.73 Å². The summed E-state index contributed by atoms with van der Waals surface area (Å²) in [5.74, 6) is 0.477. The number of nitrogens with two attached hydrogens (primary N) is 1. The third-order valence-electron chi connectivity index (χ3n) is 2.66. The number of aromatic nitrogens is 3. The topological polar surface area (TPSA) is 90.9 Å². The fourth-order valence-electron chi connectivity index (χ4n) is 1.83. The molecule has 2 rings (SSSR count). The minimum Gasteiger partial charge on any atom is -0.367 e. The van der Waals surface area contributed by atoms with Crippen molar-refractivity contribution < 1.29 is 8.42 Å². The lowest BCUT2D eigenvalue weighted by molar-refractivity contribution is 0.490. The van der Waals surface area contributed by atoms with Crippen LogP contribution in [-0.2, 0) is 16.4 Å². The van der Waals surface area contributed by atoms with Crippen molar-refractivity contribution in [2.75, 3.05) is 11.5 Å². The molecule has 0 radical (unpaired) electrons. The molecule has 84 valence electrons. The summed E-state index contributed by atoms with van der Waals surface area (Å²) in [5, 5.41) is 3.56. The molecule has 0 bridgehead atoms. The highest BCUT2D eigenvalue weighted by atomic mass is 32.2. The van der Waals surface area contributed by atoms with Gasteiger partial charge >= 0.3 is 0 Å². The van der Waals surface area contributed by atoms with Gasteiger partial charge in [0.15, 0.2) is 9.84 Å². The van der Waals surface area contributed by atoms with Gasteiger partial charge in [-0.2, -0.15) is 0 Å². The molecule has 2 heterocycles. The Bertz CT molecular complexity index is 439. The Hall–Kier alpha value is -1.11. The summed E-state index contributed by atoms with van der Waals surface area (Å²) in [7, 11) is -2.94. The van der Waals surface area contributed by atoms with Crippen molar-refractivity contribution in [2.45, 2.75) is 31.1 Å². The lowest BCUT2D eigenvalue weighted by Crippen LogP contribution is -2.32. The highest BCUT2D eigenvalue weighted by Gasteiger charge is 2.29. The van der Waals surface area contributed by atoms with Gasteiger partial charge in [0.1, 0.15) is 6.33 Å². The summed E-state index contributed by atoms with van der Waals surface area (Å²) >= 11 is 0. The van der Waals surface area contributed by atoms with Crippen molar-refractivity contribution in [3.8, 4) is 0 Å². The molecule has 1 saturated heterocycles. The summed E-state index contributed by atoms with van der Waals surface area (Å²) in [6.45, 7) is 0.368. The van der Waals surface area contributed by atoms with Crippen molar-refractivity contribution in [2.24, 2.45) is 0 Å². The van der Waals surface area contributed by atoms with Crippen LogP contribution in [0.25, 0.3) is 0 Å². The van der Waals surface area contributed by atoms with Gasteiger partial charge in [0.05, 0.1) is 17.5 Å². The normalized spacial score (nSPS) is 25.2. The predicted octanol–water partition coefficient (Wildman–Crippen LogP) is -0.172. The van der Waals surface area contributed by atoms with E-state index in [1.807, 2.05) is 0 Å². The average molecular weight is 230 g/mol. The number of hydrogen-bond acceptors (Lipinski definition) is 5. The molecule has 0 aromatic carbocycles. The van der Waals surface area contributed by atoms with Gasteiger partial charge in [0.25, 0.3) is 0 Å². The van der Waals surface area contributed by atoms with E-state index in [0.717, 1.165) is 12.8 Å². The fraction of sp³-hybridized carbons (Fsp3) is 0.750. The smallest absolute Gasteiger partial charge is 0.239 e. The molecule has 0 amide bonds. The van der Waals surface area contributed by atoms with E-state index >= 15 is 0 Å². The Morgan fingerprint density at radius 1 is 1.53 bits per heavy atom. The molecule has 1 fully saturated rings. The summed E-state index contributed by atoms with van der Waals surface area (Å²) in [6, 6.07) is 0. The molecule has 0 saturated carbocycles. The second kappa shape index (κ2) is 3.80. The van der Waals surface area contributed by atoms with Crippen molar-refractivity contribution >= 4 is 15.8 Å². The van der Waals surface area contributed by atoms with Crippen LogP contribution in [0, 0.1) is 0 Å². The Kier molecular flexibility index (Phi) is 2.64. The van der Waals surface area contributed by atoms with Crippen LogP contribution in [0.1, 0.15) is 19.3 Å².